The number of piperidine rings is 1. The molecule has 0 aromatic heterocycles. The van der Waals surface area contributed by atoms with Crippen molar-refractivity contribution >= 4 is 18.0 Å². The van der Waals surface area contributed by atoms with Crippen LogP contribution in [0.3, 0.4) is 0 Å². The number of hydrogen-bond acceptors (Lipinski definition) is 4. The molecule has 1 aliphatic rings. The smallest absolute Gasteiger partial charge is 0.309 e. The van der Waals surface area contributed by atoms with Crippen molar-refractivity contribution in [3.63, 3.8) is 0 Å². The summed E-state index contributed by atoms with van der Waals surface area (Å²) < 4.78 is 23.9. The third-order valence-electron chi connectivity index (χ3n) is 4.96. The molecule has 0 atom stereocenters. The second kappa shape index (κ2) is 9.87. The molecule has 1 heterocycles. The van der Waals surface area contributed by atoms with Crippen molar-refractivity contribution in [1.82, 2.24) is 4.90 Å². The van der Waals surface area contributed by atoms with Crippen LogP contribution in [0.1, 0.15) is 24.0 Å². The number of esters is 1. The molecule has 2 aromatic rings. The molecule has 1 saturated heterocycles. The highest BCUT2D eigenvalue weighted by atomic mass is 19.1. The Labute approximate surface area is 169 Å². The van der Waals surface area contributed by atoms with Crippen molar-refractivity contribution in [1.29, 1.82) is 0 Å². The molecule has 1 fully saturated rings. The highest BCUT2D eigenvalue weighted by Crippen LogP contribution is 2.21. The molecule has 1 aliphatic heterocycles. The number of rotatable bonds is 6. The minimum Gasteiger partial charge on any atom is -0.494 e. The molecule has 0 spiro atoms. The molecule has 1 amide bonds. The van der Waals surface area contributed by atoms with E-state index in [9.17, 15) is 14.0 Å². The molecule has 0 N–H and O–H groups in total. The normalized spacial score (nSPS) is 14.8. The summed E-state index contributed by atoms with van der Waals surface area (Å²) in [6.07, 6.45) is 4.46. The van der Waals surface area contributed by atoms with Gasteiger partial charge in [-0.25, -0.2) is 4.39 Å². The van der Waals surface area contributed by atoms with Crippen LogP contribution in [-0.4, -0.2) is 37.0 Å². The number of nitrogens with zero attached hydrogens (tertiary/aromatic N) is 1. The Kier molecular flexibility index (Phi) is 7.00. The van der Waals surface area contributed by atoms with Gasteiger partial charge in [0.25, 0.3) is 0 Å². The Morgan fingerprint density at radius 2 is 1.86 bits per heavy atom. The monoisotopic (exact) mass is 397 g/mol. The third-order valence-corrected chi connectivity index (χ3v) is 4.96. The summed E-state index contributed by atoms with van der Waals surface area (Å²) in [5.74, 6) is -0.961. The summed E-state index contributed by atoms with van der Waals surface area (Å²) in [5, 5.41) is 0. The van der Waals surface area contributed by atoms with Crippen molar-refractivity contribution in [3.8, 4) is 5.75 Å². The maximum Gasteiger partial charge on any atom is 0.309 e. The fourth-order valence-electron chi connectivity index (χ4n) is 3.24. The van der Waals surface area contributed by atoms with Gasteiger partial charge in [0.05, 0.1) is 13.0 Å². The minimum atomic E-state index is -0.489. The zero-order chi connectivity index (χ0) is 20.6. The van der Waals surface area contributed by atoms with E-state index in [1.54, 1.807) is 23.1 Å². The minimum absolute atomic E-state index is 0.0126. The Hall–Kier alpha value is -3.15. The lowest BCUT2D eigenvalue weighted by atomic mass is 9.97. The number of methoxy groups -OCH3 is 1. The number of ether oxygens (including phenoxy) is 2. The van der Waals surface area contributed by atoms with Crippen LogP contribution in [0, 0.1) is 11.7 Å². The van der Waals surface area contributed by atoms with E-state index in [2.05, 4.69) is 0 Å². The van der Waals surface area contributed by atoms with Gasteiger partial charge in [0.2, 0.25) is 5.91 Å². The Bertz CT molecular complexity index is 874. The van der Waals surface area contributed by atoms with Gasteiger partial charge < -0.3 is 14.4 Å². The van der Waals surface area contributed by atoms with Crippen LogP contribution in [0.5, 0.6) is 5.75 Å². The molecule has 29 heavy (non-hydrogen) atoms. The van der Waals surface area contributed by atoms with Crippen LogP contribution in [0.25, 0.3) is 6.08 Å². The van der Waals surface area contributed by atoms with Gasteiger partial charge in [-0.2, -0.15) is 0 Å². The van der Waals surface area contributed by atoms with E-state index in [-0.39, 0.29) is 30.2 Å². The number of carbonyl (C=O) groups excluding carboxylic acids is 2. The van der Waals surface area contributed by atoms with E-state index in [0.29, 0.717) is 31.5 Å². The number of amides is 1. The van der Waals surface area contributed by atoms with Crippen molar-refractivity contribution in [2.45, 2.75) is 19.4 Å². The maximum atomic E-state index is 13.7. The highest BCUT2D eigenvalue weighted by Gasteiger charge is 2.27. The zero-order valence-corrected chi connectivity index (χ0v) is 16.3. The lowest BCUT2D eigenvalue weighted by Crippen LogP contribution is -2.39. The van der Waals surface area contributed by atoms with E-state index >= 15 is 0 Å². The van der Waals surface area contributed by atoms with Gasteiger partial charge in [0.15, 0.2) is 11.6 Å². The number of likely N-dealkylation sites (tertiary alicyclic amines) is 1. The average Bonchev–Trinajstić information content (AvgIpc) is 2.76. The zero-order valence-electron chi connectivity index (χ0n) is 16.3. The summed E-state index contributed by atoms with van der Waals surface area (Å²) in [5.41, 5.74) is 1.53. The Morgan fingerprint density at radius 3 is 2.52 bits per heavy atom. The molecular weight excluding hydrogens is 373 g/mol. The van der Waals surface area contributed by atoms with Crippen molar-refractivity contribution in [2.75, 3.05) is 20.2 Å². The number of hydrogen-bond donors (Lipinski definition) is 0. The fourth-order valence-corrected chi connectivity index (χ4v) is 3.24. The van der Waals surface area contributed by atoms with Crippen molar-refractivity contribution in [3.05, 3.63) is 71.6 Å². The van der Waals surface area contributed by atoms with Gasteiger partial charge in [0.1, 0.15) is 6.61 Å². The molecule has 5 nitrogen and oxygen atoms in total. The third kappa shape index (κ3) is 5.67. The molecule has 6 heteroatoms. The SMILES string of the molecule is COc1ccc(COC(=O)C2CCN(C(=O)/C=C/c3ccccc3)CC2)cc1F. The van der Waals surface area contributed by atoms with E-state index in [4.69, 9.17) is 9.47 Å². The largest absolute Gasteiger partial charge is 0.494 e. The first kappa shape index (κ1) is 20.6. The van der Waals surface area contributed by atoms with Crippen molar-refractivity contribution < 1.29 is 23.5 Å². The molecule has 0 aliphatic carbocycles. The van der Waals surface area contributed by atoms with Crippen LogP contribution in [0.2, 0.25) is 0 Å². The molecule has 152 valence electrons. The summed E-state index contributed by atoms with van der Waals surface area (Å²) in [4.78, 5) is 26.4. The van der Waals surface area contributed by atoms with Gasteiger partial charge in [-0.1, -0.05) is 36.4 Å². The number of halogens is 1. The van der Waals surface area contributed by atoms with E-state index in [0.717, 1.165) is 5.56 Å². The first-order valence-corrected chi connectivity index (χ1v) is 9.58. The standard InChI is InChI=1S/C23H24FNO4/c1-28-21-9-7-18(15-20(21)24)16-29-23(27)19-11-13-25(14-12-19)22(26)10-8-17-5-3-2-4-6-17/h2-10,15,19H,11-14,16H2,1H3/b10-8+. The summed E-state index contributed by atoms with van der Waals surface area (Å²) in [6, 6.07) is 14.1. The van der Waals surface area contributed by atoms with Gasteiger partial charge in [-0.05, 0) is 42.2 Å². The highest BCUT2D eigenvalue weighted by molar-refractivity contribution is 5.92. The molecule has 0 unspecified atom stereocenters. The number of benzene rings is 2. The molecule has 2 aromatic carbocycles. The maximum absolute atomic E-state index is 13.7. The second-order valence-corrected chi connectivity index (χ2v) is 6.92. The molecule has 0 bridgehead atoms. The Morgan fingerprint density at radius 1 is 1.14 bits per heavy atom. The van der Waals surface area contributed by atoms with Crippen LogP contribution in [0.15, 0.2) is 54.6 Å². The molecule has 3 rings (SSSR count). The predicted molar refractivity (Wildman–Crippen MR) is 108 cm³/mol. The number of carbonyl (C=O) groups is 2. The molecule has 0 saturated carbocycles. The van der Waals surface area contributed by atoms with E-state index in [1.807, 2.05) is 30.3 Å². The summed E-state index contributed by atoms with van der Waals surface area (Å²) in [7, 11) is 1.40. The van der Waals surface area contributed by atoms with E-state index in [1.165, 1.54) is 19.2 Å². The average molecular weight is 397 g/mol. The predicted octanol–water partition coefficient (Wildman–Crippen LogP) is 3.83. The first-order chi connectivity index (χ1) is 14.1. The molecule has 0 radical (unpaired) electrons. The van der Waals surface area contributed by atoms with Crippen molar-refractivity contribution in [2.24, 2.45) is 5.92 Å². The quantitative estimate of drug-likeness (QED) is 0.549. The van der Waals surface area contributed by atoms with Crippen LogP contribution in [-0.2, 0) is 20.9 Å². The fraction of sp³-hybridized carbons (Fsp3) is 0.304. The Balaban J connectivity index is 1.45. The summed E-state index contributed by atoms with van der Waals surface area (Å²) >= 11 is 0. The molecular formula is C23H24FNO4. The topological polar surface area (TPSA) is 55.8 Å². The van der Waals surface area contributed by atoms with Gasteiger partial charge >= 0.3 is 5.97 Å². The second-order valence-electron chi connectivity index (χ2n) is 6.92. The van der Waals surface area contributed by atoms with Gasteiger partial charge in [-0.15, -0.1) is 0 Å². The van der Waals surface area contributed by atoms with Crippen LogP contribution < -0.4 is 4.74 Å². The van der Waals surface area contributed by atoms with Crippen LogP contribution >= 0.6 is 0 Å². The lowest BCUT2D eigenvalue weighted by molar-refractivity contribution is -0.152. The van der Waals surface area contributed by atoms with Crippen LogP contribution in [0.4, 0.5) is 4.39 Å². The van der Waals surface area contributed by atoms with E-state index < -0.39 is 5.82 Å². The lowest BCUT2D eigenvalue weighted by Gasteiger charge is -2.30. The van der Waals surface area contributed by atoms with Gasteiger partial charge in [0, 0.05) is 19.2 Å². The summed E-state index contributed by atoms with van der Waals surface area (Å²) in [6.45, 7) is 1.03. The van der Waals surface area contributed by atoms with Gasteiger partial charge in [-0.3, -0.25) is 9.59 Å². The first-order valence-electron chi connectivity index (χ1n) is 9.58.